The molecule has 0 spiro atoms. The van der Waals surface area contributed by atoms with Crippen LogP contribution < -0.4 is 5.32 Å². The number of guanidine groups is 1. The average molecular weight is 400 g/mol. The summed E-state index contributed by atoms with van der Waals surface area (Å²) in [6, 6.07) is 11.0. The summed E-state index contributed by atoms with van der Waals surface area (Å²) in [7, 11) is 1.92. The third kappa shape index (κ3) is 6.45. The number of benzene rings is 1. The van der Waals surface area contributed by atoms with Gasteiger partial charge in [0.2, 0.25) is 0 Å². The quantitative estimate of drug-likeness (QED) is 0.434. The minimum Gasteiger partial charge on any atom is -0.356 e. The highest BCUT2D eigenvalue weighted by Crippen LogP contribution is 2.32. The van der Waals surface area contributed by atoms with E-state index in [0.717, 1.165) is 25.6 Å². The third-order valence-electron chi connectivity index (χ3n) is 6.74. The summed E-state index contributed by atoms with van der Waals surface area (Å²) in [6.07, 6.45) is 3.68. The SMILES string of the molecule is CCN1CCN(CCCCNC(=NC)N2CCC(c3ccccc3)C(C)C2)CC1. The highest BCUT2D eigenvalue weighted by molar-refractivity contribution is 5.80. The molecular formula is C24H41N5. The monoisotopic (exact) mass is 399 g/mol. The molecule has 162 valence electrons. The number of hydrogen-bond acceptors (Lipinski definition) is 3. The van der Waals surface area contributed by atoms with Crippen LogP contribution in [0.1, 0.15) is 44.6 Å². The van der Waals surface area contributed by atoms with E-state index in [-0.39, 0.29) is 0 Å². The van der Waals surface area contributed by atoms with Crippen molar-refractivity contribution in [1.29, 1.82) is 0 Å². The average Bonchev–Trinajstić information content (AvgIpc) is 2.77. The van der Waals surface area contributed by atoms with Gasteiger partial charge in [0.15, 0.2) is 5.96 Å². The highest BCUT2D eigenvalue weighted by atomic mass is 15.3. The number of unbranched alkanes of at least 4 members (excludes halogenated alkanes) is 1. The first-order chi connectivity index (χ1) is 14.2. The smallest absolute Gasteiger partial charge is 0.193 e. The molecule has 2 heterocycles. The van der Waals surface area contributed by atoms with Gasteiger partial charge in [-0.05, 0) is 49.8 Å². The molecule has 2 saturated heterocycles. The fourth-order valence-electron chi connectivity index (χ4n) is 4.86. The van der Waals surface area contributed by atoms with Crippen LogP contribution in [0.4, 0.5) is 0 Å². The van der Waals surface area contributed by atoms with Crippen LogP contribution in [0.15, 0.2) is 35.3 Å². The van der Waals surface area contributed by atoms with Crippen LogP contribution in [-0.4, -0.2) is 86.6 Å². The van der Waals surface area contributed by atoms with Gasteiger partial charge >= 0.3 is 0 Å². The lowest BCUT2D eigenvalue weighted by Crippen LogP contribution is -2.48. The van der Waals surface area contributed by atoms with Crippen molar-refractivity contribution in [3.8, 4) is 0 Å². The molecule has 2 unspecified atom stereocenters. The second kappa shape index (κ2) is 11.6. The van der Waals surface area contributed by atoms with Gasteiger partial charge in [-0.3, -0.25) is 4.99 Å². The van der Waals surface area contributed by atoms with E-state index >= 15 is 0 Å². The Morgan fingerprint density at radius 1 is 1.03 bits per heavy atom. The maximum Gasteiger partial charge on any atom is 0.193 e. The zero-order chi connectivity index (χ0) is 20.5. The number of aliphatic imine (C=N–C) groups is 1. The molecule has 3 rings (SSSR count). The van der Waals surface area contributed by atoms with E-state index in [1.807, 2.05) is 7.05 Å². The Labute approximate surface area is 178 Å². The Hall–Kier alpha value is -1.59. The van der Waals surface area contributed by atoms with E-state index in [1.54, 1.807) is 0 Å². The standard InChI is InChI=1S/C24H41N5/c1-4-27-16-18-28(19-17-27)14-9-8-13-26-24(25-3)29-15-12-23(21(2)20-29)22-10-6-5-7-11-22/h5-7,10-11,21,23H,4,8-9,12-20H2,1-3H3,(H,25,26). The second-order valence-corrected chi connectivity index (χ2v) is 8.69. The van der Waals surface area contributed by atoms with Crippen molar-refractivity contribution in [3.63, 3.8) is 0 Å². The van der Waals surface area contributed by atoms with Gasteiger partial charge in [-0.25, -0.2) is 0 Å². The largest absolute Gasteiger partial charge is 0.356 e. The summed E-state index contributed by atoms with van der Waals surface area (Å²) in [5.41, 5.74) is 1.49. The maximum absolute atomic E-state index is 4.56. The molecule has 0 amide bonds. The fraction of sp³-hybridized carbons (Fsp3) is 0.708. The van der Waals surface area contributed by atoms with Gasteiger partial charge in [0.1, 0.15) is 0 Å². The third-order valence-corrected chi connectivity index (χ3v) is 6.74. The maximum atomic E-state index is 4.56. The summed E-state index contributed by atoms with van der Waals surface area (Å²) in [5.74, 6) is 2.39. The van der Waals surface area contributed by atoms with Gasteiger partial charge in [0.05, 0.1) is 0 Å². The molecule has 0 aliphatic carbocycles. The molecule has 0 bridgehead atoms. The zero-order valence-electron chi connectivity index (χ0n) is 18.8. The fourth-order valence-corrected chi connectivity index (χ4v) is 4.86. The number of likely N-dealkylation sites (tertiary alicyclic amines) is 1. The van der Waals surface area contributed by atoms with Crippen LogP contribution in [0.25, 0.3) is 0 Å². The normalized spacial score (nSPS) is 24.7. The number of likely N-dealkylation sites (N-methyl/N-ethyl adjacent to an activating group) is 1. The van der Waals surface area contributed by atoms with Gasteiger partial charge in [0.25, 0.3) is 0 Å². The van der Waals surface area contributed by atoms with Crippen LogP contribution in [0.5, 0.6) is 0 Å². The number of nitrogens with one attached hydrogen (secondary N) is 1. The lowest BCUT2D eigenvalue weighted by Gasteiger charge is -2.39. The van der Waals surface area contributed by atoms with E-state index in [2.05, 4.69) is 69.2 Å². The molecular weight excluding hydrogens is 358 g/mol. The molecule has 0 radical (unpaired) electrons. The Kier molecular flexibility index (Phi) is 8.81. The predicted molar refractivity (Wildman–Crippen MR) is 124 cm³/mol. The molecule has 5 heteroatoms. The van der Waals surface area contributed by atoms with Crippen LogP contribution in [-0.2, 0) is 0 Å². The summed E-state index contributed by atoms with van der Waals surface area (Å²) >= 11 is 0. The van der Waals surface area contributed by atoms with Gasteiger partial charge in [-0.2, -0.15) is 0 Å². The van der Waals surface area contributed by atoms with Crippen LogP contribution in [0, 0.1) is 5.92 Å². The molecule has 1 aromatic rings. The molecule has 0 aromatic heterocycles. The van der Waals surface area contributed by atoms with Crippen molar-refractivity contribution >= 4 is 5.96 Å². The lowest BCUT2D eigenvalue weighted by atomic mass is 9.82. The van der Waals surface area contributed by atoms with Gasteiger partial charge in [0, 0.05) is 52.9 Å². The van der Waals surface area contributed by atoms with Crippen molar-refractivity contribution in [3.05, 3.63) is 35.9 Å². The van der Waals surface area contributed by atoms with Gasteiger partial charge in [-0.1, -0.05) is 44.2 Å². The topological polar surface area (TPSA) is 34.1 Å². The summed E-state index contributed by atoms with van der Waals surface area (Å²) in [5, 5.41) is 3.62. The van der Waals surface area contributed by atoms with Crippen molar-refractivity contribution in [2.75, 3.05) is 66.0 Å². The van der Waals surface area contributed by atoms with Gasteiger partial charge in [-0.15, -0.1) is 0 Å². The molecule has 1 N–H and O–H groups in total. The highest BCUT2D eigenvalue weighted by Gasteiger charge is 2.28. The van der Waals surface area contributed by atoms with Crippen LogP contribution >= 0.6 is 0 Å². The first-order valence-corrected chi connectivity index (χ1v) is 11.7. The van der Waals surface area contributed by atoms with Gasteiger partial charge < -0.3 is 20.0 Å². The molecule has 1 aromatic carbocycles. The molecule has 2 aliphatic rings. The minimum absolute atomic E-state index is 0.645. The predicted octanol–water partition coefficient (Wildman–Crippen LogP) is 3.11. The van der Waals surface area contributed by atoms with E-state index in [4.69, 9.17) is 0 Å². The van der Waals surface area contributed by atoms with E-state index in [0.29, 0.717) is 11.8 Å². The Morgan fingerprint density at radius 3 is 2.41 bits per heavy atom. The van der Waals surface area contributed by atoms with Crippen molar-refractivity contribution in [2.24, 2.45) is 10.9 Å². The van der Waals surface area contributed by atoms with Crippen molar-refractivity contribution < 1.29 is 0 Å². The zero-order valence-corrected chi connectivity index (χ0v) is 18.8. The molecule has 2 fully saturated rings. The molecule has 0 saturated carbocycles. The first-order valence-electron chi connectivity index (χ1n) is 11.7. The second-order valence-electron chi connectivity index (χ2n) is 8.69. The van der Waals surface area contributed by atoms with Crippen molar-refractivity contribution in [1.82, 2.24) is 20.0 Å². The Morgan fingerprint density at radius 2 is 1.76 bits per heavy atom. The van der Waals surface area contributed by atoms with Crippen LogP contribution in [0.2, 0.25) is 0 Å². The number of hydrogen-bond donors (Lipinski definition) is 1. The first kappa shape index (κ1) is 22.1. The summed E-state index contributed by atoms with van der Waals surface area (Å²) < 4.78 is 0. The van der Waals surface area contributed by atoms with E-state index < -0.39 is 0 Å². The Balaban J connectivity index is 1.34. The lowest BCUT2D eigenvalue weighted by molar-refractivity contribution is 0.136. The van der Waals surface area contributed by atoms with E-state index in [9.17, 15) is 0 Å². The summed E-state index contributed by atoms with van der Waals surface area (Å²) in [4.78, 5) is 12.2. The minimum atomic E-state index is 0.645. The number of piperidine rings is 1. The molecule has 2 atom stereocenters. The van der Waals surface area contributed by atoms with Crippen LogP contribution in [0.3, 0.4) is 0 Å². The number of nitrogens with zero attached hydrogens (tertiary/aromatic N) is 4. The van der Waals surface area contributed by atoms with E-state index in [1.165, 1.54) is 64.1 Å². The Bertz CT molecular complexity index is 609. The van der Waals surface area contributed by atoms with Crippen molar-refractivity contribution in [2.45, 2.75) is 39.0 Å². The number of piperazine rings is 1. The molecule has 5 nitrogen and oxygen atoms in total. The molecule has 29 heavy (non-hydrogen) atoms. The number of rotatable bonds is 7. The molecule has 2 aliphatic heterocycles. The summed E-state index contributed by atoms with van der Waals surface area (Å²) in [6.45, 7) is 15.2.